The van der Waals surface area contributed by atoms with Gasteiger partial charge in [-0.2, -0.15) is 5.10 Å². The van der Waals surface area contributed by atoms with Gasteiger partial charge in [0, 0.05) is 55.1 Å². The number of amides is 2. The van der Waals surface area contributed by atoms with Crippen molar-refractivity contribution in [1.29, 1.82) is 0 Å². The van der Waals surface area contributed by atoms with Gasteiger partial charge in [0.2, 0.25) is 11.8 Å². The topological polar surface area (TPSA) is 102 Å². The molecule has 1 saturated heterocycles. The molecule has 0 aliphatic carbocycles. The molecular weight excluding hydrogens is 444 g/mol. The molecular formula is C23H30N4O5S. The molecule has 0 spiro atoms. The highest BCUT2D eigenvalue weighted by Crippen LogP contribution is 2.43. The fourth-order valence-electron chi connectivity index (χ4n) is 4.54. The lowest BCUT2D eigenvalue weighted by Gasteiger charge is -2.36. The first-order valence-corrected chi connectivity index (χ1v) is 13.3. The van der Waals surface area contributed by atoms with Gasteiger partial charge in [-0.25, -0.2) is 8.42 Å². The van der Waals surface area contributed by atoms with Crippen LogP contribution in [0.25, 0.3) is 11.1 Å². The minimum atomic E-state index is -3.10. The van der Waals surface area contributed by atoms with Crippen LogP contribution in [0.2, 0.25) is 0 Å². The molecule has 3 heterocycles. The maximum absolute atomic E-state index is 12.4. The highest BCUT2D eigenvalue weighted by Gasteiger charge is 2.30. The smallest absolute Gasteiger partial charge is 0.225 e. The third-order valence-corrected chi connectivity index (χ3v) is 7.18. The second-order valence-corrected chi connectivity index (χ2v) is 11.1. The molecule has 0 N–H and O–H groups in total. The van der Waals surface area contributed by atoms with Gasteiger partial charge in [-0.15, -0.1) is 0 Å². The number of carbonyl (C=O) groups excluding carboxylic acids is 2. The van der Waals surface area contributed by atoms with E-state index in [1.807, 2.05) is 19.1 Å². The van der Waals surface area contributed by atoms with Crippen LogP contribution in [-0.2, 0) is 32.4 Å². The van der Waals surface area contributed by atoms with Crippen molar-refractivity contribution in [2.45, 2.75) is 52.1 Å². The molecule has 0 bridgehead atoms. The molecule has 2 aliphatic rings. The van der Waals surface area contributed by atoms with Crippen molar-refractivity contribution in [3.05, 3.63) is 30.1 Å². The number of anilines is 1. The lowest BCUT2D eigenvalue weighted by Crippen LogP contribution is -2.41. The van der Waals surface area contributed by atoms with Gasteiger partial charge in [-0.05, 0) is 38.3 Å². The fraction of sp³-hybridized carbons (Fsp3) is 0.522. The van der Waals surface area contributed by atoms with E-state index in [2.05, 4.69) is 5.10 Å². The van der Waals surface area contributed by atoms with Crippen molar-refractivity contribution < 1.29 is 22.7 Å². The van der Waals surface area contributed by atoms with Crippen LogP contribution in [-0.4, -0.2) is 66.2 Å². The predicted molar refractivity (Wildman–Crippen MR) is 125 cm³/mol. The van der Waals surface area contributed by atoms with Crippen LogP contribution in [0, 0.1) is 0 Å². The van der Waals surface area contributed by atoms with E-state index in [9.17, 15) is 18.0 Å². The normalized spacial score (nSPS) is 18.5. The second kappa shape index (κ2) is 9.17. The number of fused-ring (bicyclic) bond motifs is 1. The number of rotatable bonds is 7. The number of hydrogen-bond acceptors (Lipinski definition) is 6. The number of aryl methyl sites for hydroxylation is 1. The minimum absolute atomic E-state index is 0.00416. The lowest BCUT2D eigenvalue weighted by molar-refractivity contribution is -0.130. The van der Waals surface area contributed by atoms with E-state index in [-0.39, 0.29) is 36.9 Å². The second-order valence-electron chi connectivity index (χ2n) is 8.87. The van der Waals surface area contributed by atoms with Gasteiger partial charge in [-0.3, -0.25) is 14.3 Å². The van der Waals surface area contributed by atoms with Crippen LogP contribution in [0.5, 0.6) is 5.75 Å². The molecule has 0 saturated carbocycles. The summed E-state index contributed by atoms with van der Waals surface area (Å²) < 4.78 is 30.9. The molecule has 0 radical (unpaired) electrons. The zero-order valence-electron chi connectivity index (χ0n) is 19.3. The predicted octanol–water partition coefficient (Wildman–Crippen LogP) is 2.24. The molecule has 2 amide bonds. The Kier molecular flexibility index (Phi) is 6.47. The molecule has 2 aromatic rings. The Morgan fingerprint density at radius 2 is 2.06 bits per heavy atom. The monoisotopic (exact) mass is 474 g/mol. The van der Waals surface area contributed by atoms with Crippen LogP contribution in [0.15, 0.2) is 24.5 Å². The Labute approximate surface area is 194 Å². The summed E-state index contributed by atoms with van der Waals surface area (Å²) in [6.07, 6.45) is 7.61. The Balaban J connectivity index is 1.71. The summed E-state index contributed by atoms with van der Waals surface area (Å²) >= 11 is 0. The molecule has 0 unspecified atom stereocenters. The number of ether oxygens (including phenoxy) is 1. The molecule has 1 aromatic heterocycles. The van der Waals surface area contributed by atoms with E-state index < -0.39 is 9.84 Å². The summed E-state index contributed by atoms with van der Waals surface area (Å²) in [7, 11) is -3.10. The average Bonchev–Trinajstić information content (AvgIpc) is 3.38. The number of likely N-dealkylation sites (tertiary alicyclic amines) is 1. The number of sulfone groups is 1. The van der Waals surface area contributed by atoms with Crippen LogP contribution in [0.3, 0.4) is 0 Å². The largest absolute Gasteiger partial charge is 0.472 e. The molecule has 1 atom stereocenters. The summed E-state index contributed by atoms with van der Waals surface area (Å²) in [5.74, 6) is 0.705. The standard InChI is InChI=1S/C23H30N4O5S/c1-16-6-7-20-21(27(16)17(2)28)9-8-19(23(20)32-15-25-10-4-5-22(25)29)18-13-24-26(14-18)11-12-33(3,30)31/h8-9,13-14,16H,4-7,10-12,15H2,1-3H3/t16-/m0/s1. The zero-order valence-corrected chi connectivity index (χ0v) is 20.1. The number of benzene rings is 1. The Morgan fingerprint density at radius 3 is 2.73 bits per heavy atom. The van der Waals surface area contributed by atoms with Gasteiger partial charge in [0.15, 0.2) is 6.73 Å². The van der Waals surface area contributed by atoms with E-state index >= 15 is 0 Å². The molecule has 1 fully saturated rings. The van der Waals surface area contributed by atoms with Crippen molar-refractivity contribution in [3.63, 3.8) is 0 Å². The van der Waals surface area contributed by atoms with E-state index in [1.165, 1.54) is 6.26 Å². The van der Waals surface area contributed by atoms with E-state index in [4.69, 9.17) is 4.74 Å². The molecule has 4 rings (SSSR count). The maximum Gasteiger partial charge on any atom is 0.225 e. The maximum atomic E-state index is 12.4. The highest BCUT2D eigenvalue weighted by molar-refractivity contribution is 7.90. The van der Waals surface area contributed by atoms with Gasteiger partial charge >= 0.3 is 0 Å². The molecule has 10 heteroatoms. The minimum Gasteiger partial charge on any atom is -0.472 e. The third-order valence-electron chi connectivity index (χ3n) is 6.26. The summed E-state index contributed by atoms with van der Waals surface area (Å²) in [4.78, 5) is 28.0. The van der Waals surface area contributed by atoms with Crippen LogP contribution < -0.4 is 9.64 Å². The molecule has 1 aromatic carbocycles. The number of hydrogen-bond donors (Lipinski definition) is 0. The highest BCUT2D eigenvalue weighted by atomic mass is 32.2. The van der Waals surface area contributed by atoms with Crippen molar-refractivity contribution in [3.8, 4) is 16.9 Å². The molecule has 9 nitrogen and oxygen atoms in total. The van der Waals surface area contributed by atoms with Crippen LogP contribution in [0.4, 0.5) is 5.69 Å². The van der Waals surface area contributed by atoms with E-state index in [0.717, 1.165) is 41.6 Å². The van der Waals surface area contributed by atoms with Gasteiger partial charge in [-0.1, -0.05) is 0 Å². The Morgan fingerprint density at radius 1 is 1.27 bits per heavy atom. The van der Waals surface area contributed by atoms with Crippen molar-refractivity contribution in [2.24, 2.45) is 0 Å². The van der Waals surface area contributed by atoms with Crippen molar-refractivity contribution >= 4 is 27.3 Å². The Bertz CT molecular complexity index is 1170. The quantitative estimate of drug-likeness (QED) is 0.610. The number of carbonyl (C=O) groups is 2. The molecule has 33 heavy (non-hydrogen) atoms. The zero-order chi connectivity index (χ0) is 23.8. The van der Waals surface area contributed by atoms with Crippen molar-refractivity contribution in [2.75, 3.05) is 30.2 Å². The van der Waals surface area contributed by atoms with E-state index in [1.54, 1.807) is 33.8 Å². The molecule has 2 aliphatic heterocycles. The lowest BCUT2D eigenvalue weighted by atomic mass is 9.92. The van der Waals surface area contributed by atoms with Gasteiger partial charge in [0.05, 0.1) is 24.2 Å². The average molecular weight is 475 g/mol. The third kappa shape index (κ3) is 5.05. The van der Waals surface area contributed by atoms with E-state index in [0.29, 0.717) is 18.7 Å². The van der Waals surface area contributed by atoms with Gasteiger partial charge in [0.25, 0.3) is 0 Å². The van der Waals surface area contributed by atoms with Crippen LogP contribution >= 0.6 is 0 Å². The number of aromatic nitrogens is 2. The first kappa shape index (κ1) is 23.3. The SMILES string of the molecule is CC(=O)N1c2ccc(-c3cnn(CCS(C)(=O)=O)c3)c(OCN3CCCC3=O)c2CC[C@@H]1C. The van der Waals surface area contributed by atoms with Crippen LogP contribution in [0.1, 0.15) is 38.7 Å². The van der Waals surface area contributed by atoms with Crippen molar-refractivity contribution in [1.82, 2.24) is 14.7 Å². The van der Waals surface area contributed by atoms with Gasteiger partial charge in [0.1, 0.15) is 15.6 Å². The first-order chi connectivity index (χ1) is 15.6. The summed E-state index contributed by atoms with van der Waals surface area (Å²) in [5, 5.41) is 4.32. The number of nitrogens with zero attached hydrogens (tertiary/aromatic N) is 4. The fourth-order valence-corrected chi connectivity index (χ4v) is 5.06. The van der Waals surface area contributed by atoms with Gasteiger partial charge < -0.3 is 14.5 Å². The summed E-state index contributed by atoms with van der Waals surface area (Å²) in [5.41, 5.74) is 3.37. The summed E-state index contributed by atoms with van der Waals surface area (Å²) in [6.45, 7) is 4.68. The Hall–Kier alpha value is -2.88. The molecule has 178 valence electrons. The summed E-state index contributed by atoms with van der Waals surface area (Å²) in [6, 6.07) is 3.93. The first-order valence-electron chi connectivity index (χ1n) is 11.2.